The fourth-order valence-electron chi connectivity index (χ4n) is 10.2. The van der Waals surface area contributed by atoms with E-state index in [9.17, 15) is 28.8 Å². The van der Waals surface area contributed by atoms with Gasteiger partial charge in [-0.15, -0.1) is 0 Å². The zero-order valence-corrected chi connectivity index (χ0v) is 39.0. The number of likely N-dealkylation sites (tertiary alicyclic amines) is 1. The third-order valence-electron chi connectivity index (χ3n) is 14.2. The van der Waals surface area contributed by atoms with Crippen LogP contribution in [-0.2, 0) is 20.9 Å². The van der Waals surface area contributed by atoms with Gasteiger partial charge >= 0.3 is 0 Å². The highest BCUT2D eigenvalue weighted by Gasteiger charge is 2.44. The average Bonchev–Trinajstić information content (AvgIpc) is 3.63. The van der Waals surface area contributed by atoms with E-state index in [4.69, 9.17) is 4.98 Å². The number of hydrogen-bond acceptors (Lipinski definition) is 11. The molecule has 4 saturated heterocycles. The van der Waals surface area contributed by atoms with Gasteiger partial charge in [0.15, 0.2) is 0 Å². The number of piperazine rings is 1. The van der Waals surface area contributed by atoms with E-state index in [1.54, 1.807) is 48.9 Å². The number of aromatic nitrogens is 2. The van der Waals surface area contributed by atoms with Crippen molar-refractivity contribution in [3.8, 4) is 11.8 Å². The number of fused-ring (bicyclic) bond motifs is 1. The van der Waals surface area contributed by atoms with Crippen LogP contribution in [0.15, 0.2) is 91.4 Å². The summed E-state index contributed by atoms with van der Waals surface area (Å²) in [5, 5.41) is 5.18. The predicted octanol–water partition coefficient (Wildman–Crippen LogP) is 4.92. The second-order valence-corrected chi connectivity index (χ2v) is 18.7. The Balaban J connectivity index is 0.654. The van der Waals surface area contributed by atoms with Crippen LogP contribution in [0.1, 0.15) is 111 Å². The highest BCUT2D eigenvalue weighted by Crippen LogP contribution is 2.29. The van der Waals surface area contributed by atoms with Gasteiger partial charge < -0.3 is 15.1 Å². The van der Waals surface area contributed by atoms with Gasteiger partial charge in [-0.2, -0.15) is 0 Å². The Morgan fingerprint density at radius 1 is 0.768 bits per heavy atom. The standard InChI is InChI=1S/C54H59N9O6/c64-49(18-13-41-5-3-24-55-35-41)56-25-2-1-4-38-20-26-62(27-21-38)52(67)43-14-17-48(57-36-43)61-28-22-44(23-29-61)60-32-30-59(31-33-60)37-42-10-7-39(8-11-42)6-9-40-12-15-45-46(34-40)54(69)63(53(45)68)47-16-19-50(65)58-51(47)66/h3,5,7-8,10-15,17-18,24,34-36,38,44,47H,1-2,4,16,19-23,25-33,37H2,(H,56,64)(H,58,65,66)/b18-13+. The number of rotatable bonds is 13. The Hall–Kier alpha value is -7.02. The Morgan fingerprint density at radius 2 is 1.52 bits per heavy atom. The first-order valence-electron chi connectivity index (χ1n) is 24.4. The molecule has 2 aromatic carbocycles. The number of nitrogens with zero attached hydrogens (tertiary/aromatic N) is 7. The molecule has 69 heavy (non-hydrogen) atoms. The molecule has 6 amide bonds. The molecule has 0 radical (unpaired) electrons. The lowest BCUT2D eigenvalue weighted by Gasteiger charge is -2.43. The summed E-state index contributed by atoms with van der Waals surface area (Å²) >= 11 is 0. The number of anilines is 1. The first-order chi connectivity index (χ1) is 33.6. The van der Waals surface area contributed by atoms with Crippen molar-refractivity contribution in [1.82, 2.24) is 40.2 Å². The maximum Gasteiger partial charge on any atom is 0.262 e. The summed E-state index contributed by atoms with van der Waals surface area (Å²) in [6.45, 7) is 9.02. The van der Waals surface area contributed by atoms with E-state index in [1.807, 2.05) is 41.3 Å². The SMILES string of the molecule is O=C(/C=C/c1cccnc1)NCCCCC1CCN(C(=O)c2ccc(N3CCC(N4CCN(Cc5ccc(C#Cc6ccc7c(c6)C(=O)N(C6CCC(=O)NC6=O)C7=O)cc5)CC4)CC3)nc2)CC1. The lowest BCUT2D eigenvalue weighted by Crippen LogP contribution is -2.54. The van der Waals surface area contributed by atoms with Gasteiger partial charge in [0.05, 0.1) is 16.7 Å². The van der Waals surface area contributed by atoms with Gasteiger partial charge in [-0.25, -0.2) is 4.98 Å². The fourth-order valence-corrected chi connectivity index (χ4v) is 10.2. The molecule has 7 heterocycles. The van der Waals surface area contributed by atoms with E-state index in [0.717, 1.165) is 126 Å². The number of amides is 6. The van der Waals surface area contributed by atoms with Gasteiger partial charge in [-0.3, -0.25) is 53.8 Å². The van der Waals surface area contributed by atoms with Gasteiger partial charge in [-0.1, -0.05) is 42.9 Å². The van der Waals surface area contributed by atoms with Crippen molar-refractivity contribution in [3.63, 3.8) is 0 Å². The summed E-state index contributed by atoms with van der Waals surface area (Å²) in [6.07, 6.45) is 16.0. The van der Waals surface area contributed by atoms with Crippen molar-refractivity contribution in [2.24, 2.45) is 5.92 Å². The van der Waals surface area contributed by atoms with Crippen LogP contribution in [0.5, 0.6) is 0 Å². The lowest BCUT2D eigenvalue weighted by molar-refractivity contribution is -0.136. The number of imide groups is 2. The Kier molecular flexibility index (Phi) is 15.0. The minimum absolute atomic E-state index is 0.0617. The minimum atomic E-state index is -1.00. The summed E-state index contributed by atoms with van der Waals surface area (Å²) in [5.41, 5.74) is 4.64. The third kappa shape index (κ3) is 11.6. The lowest BCUT2D eigenvalue weighted by atomic mass is 9.91. The summed E-state index contributed by atoms with van der Waals surface area (Å²) in [4.78, 5) is 95.0. The number of hydrogen-bond donors (Lipinski definition) is 2. The minimum Gasteiger partial charge on any atom is -0.357 e. The van der Waals surface area contributed by atoms with Gasteiger partial charge in [0.2, 0.25) is 17.7 Å². The van der Waals surface area contributed by atoms with Gasteiger partial charge in [-0.05, 0) is 110 Å². The van der Waals surface area contributed by atoms with E-state index in [0.29, 0.717) is 29.6 Å². The molecule has 9 rings (SSSR count). The Morgan fingerprint density at radius 3 is 2.25 bits per heavy atom. The highest BCUT2D eigenvalue weighted by molar-refractivity contribution is 6.23. The molecule has 1 atom stereocenters. The largest absolute Gasteiger partial charge is 0.357 e. The second kappa shape index (κ2) is 21.9. The summed E-state index contributed by atoms with van der Waals surface area (Å²) in [5.74, 6) is 5.67. The van der Waals surface area contributed by atoms with Crippen LogP contribution in [0.3, 0.4) is 0 Å². The number of pyridine rings is 2. The average molecular weight is 930 g/mol. The van der Waals surface area contributed by atoms with E-state index in [2.05, 4.69) is 54.3 Å². The number of benzene rings is 2. The summed E-state index contributed by atoms with van der Waals surface area (Å²) in [6, 6.07) is 20.3. The third-order valence-corrected chi connectivity index (χ3v) is 14.2. The smallest absolute Gasteiger partial charge is 0.262 e. The quantitative estimate of drug-likeness (QED) is 0.0809. The molecule has 15 heteroatoms. The Bertz CT molecular complexity index is 2620. The van der Waals surface area contributed by atoms with Crippen LogP contribution in [-0.4, -0.2) is 136 Å². The number of nitrogens with one attached hydrogen (secondary N) is 2. The molecule has 0 aliphatic carbocycles. The second-order valence-electron chi connectivity index (χ2n) is 18.7. The van der Waals surface area contributed by atoms with Crippen molar-refractivity contribution in [3.05, 3.63) is 130 Å². The van der Waals surface area contributed by atoms with Crippen LogP contribution in [0.4, 0.5) is 5.82 Å². The van der Waals surface area contributed by atoms with Crippen LogP contribution in [0.25, 0.3) is 6.08 Å². The molecule has 5 aliphatic rings. The van der Waals surface area contributed by atoms with Crippen molar-refractivity contribution in [2.45, 2.75) is 76.4 Å². The molecule has 0 spiro atoms. The number of carbonyl (C=O) groups excluding carboxylic acids is 6. The highest BCUT2D eigenvalue weighted by atomic mass is 16.2. The first-order valence-corrected chi connectivity index (χ1v) is 24.4. The molecular weight excluding hydrogens is 871 g/mol. The molecule has 2 aromatic heterocycles. The maximum absolute atomic E-state index is 13.4. The molecule has 2 N–H and O–H groups in total. The van der Waals surface area contributed by atoms with Crippen molar-refractivity contribution in [1.29, 1.82) is 0 Å². The topological polar surface area (TPSA) is 168 Å². The zero-order valence-electron chi connectivity index (χ0n) is 39.0. The van der Waals surface area contributed by atoms with Crippen LogP contribution < -0.4 is 15.5 Å². The van der Waals surface area contributed by atoms with Crippen LogP contribution in [0, 0.1) is 17.8 Å². The van der Waals surface area contributed by atoms with Crippen LogP contribution >= 0.6 is 0 Å². The zero-order chi connectivity index (χ0) is 47.7. The van der Waals surface area contributed by atoms with Gasteiger partial charge in [0.25, 0.3) is 17.7 Å². The molecular formula is C54H59N9O6. The van der Waals surface area contributed by atoms with Gasteiger partial charge in [0, 0.05) is 114 Å². The summed E-state index contributed by atoms with van der Waals surface area (Å²) < 4.78 is 0. The molecule has 5 aliphatic heterocycles. The van der Waals surface area contributed by atoms with E-state index in [1.165, 1.54) is 5.56 Å². The van der Waals surface area contributed by atoms with Crippen molar-refractivity contribution >= 4 is 47.3 Å². The van der Waals surface area contributed by atoms with Crippen molar-refractivity contribution < 1.29 is 28.8 Å². The fraction of sp³-hybridized carbons (Fsp3) is 0.407. The number of carbonyl (C=O) groups is 6. The molecule has 0 bridgehead atoms. The van der Waals surface area contributed by atoms with E-state index < -0.39 is 29.7 Å². The molecule has 4 aromatic rings. The summed E-state index contributed by atoms with van der Waals surface area (Å²) in [7, 11) is 0. The Labute approximate surface area is 403 Å². The molecule has 15 nitrogen and oxygen atoms in total. The van der Waals surface area contributed by atoms with Crippen molar-refractivity contribution in [2.75, 3.05) is 63.8 Å². The normalized spacial score (nSPS) is 19.7. The van der Waals surface area contributed by atoms with Gasteiger partial charge in [0.1, 0.15) is 11.9 Å². The number of piperidine rings is 3. The van der Waals surface area contributed by atoms with E-state index >= 15 is 0 Å². The molecule has 1 unspecified atom stereocenters. The molecule has 4 fully saturated rings. The maximum atomic E-state index is 13.4. The molecule has 356 valence electrons. The van der Waals surface area contributed by atoms with Crippen LogP contribution in [0.2, 0.25) is 0 Å². The molecule has 0 saturated carbocycles. The number of unbranched alkanes of at least 4 members (excludes halogenated alkanes) is 1. The predicted molar refractivity (Wildman–Crippen MR) is 261 cm³/mol. The first kappa shape index (κ1) is 47.1. The van der Waals surface area contributed by atoms with E-state index in [-0.39, 0.29) is 35.8 Å². The monoisotopic (exact) mass is 929 g/mol.